The topological polar surface area (TPSA) is 26.3 Å². The van der Waals surface area contributed by atoms with Crippen molar-refractivity contribution in [2.45, 2.75) is 52.6 Å². The van der Waals surface area contributed by atoms with Crippen LogP contribution in [0.2, 0.25) is 0 Å². The van der Waals surface area contributed by atoms with Gasteiger partial charge in [-0.25, -0.2) is 0 Å². The Hall–Kier alpha value is -1.31. The number of carbonyl (C=O) groups is 1. The van der Waals surface area contributed by atoms with E-state index in [1.165, 1.54) is 19.3 Å². The Morgan fingerprint density at radius 1 is 1.14 bits per heavy atom. The van der Waals surface area contributed by atoms with E-state index in [0.717, 1.165) is 36.2 Å². The Balaban J connectivity index is 1.61. The van der Waals surface area contributed by atoms with Crippen LogP contribution < -0.4 is 0 Å². The summed E-state index contributed by atoms with van der Waals surface area (Å²) in [6.45, 7) is 4.88. The van der Waals surface area contributed by atoms with Gasteiger partial charge in [-0.1, -0.05) is 37.3 Å². The van der Waals surface area contributed by atoms with Crippen molar-refractivity contribution in [2.75, 3.05) is 0 Å². The summed E-state index contributed by atoms with van der Waals surface area (Å²) >= 11 is 0. The van der Waals surface area contributed by atoms with Gasteiger partial charge in [0, 0.05) is 0 Å². The third-order valence-electron chi connectivity index (χ3n) is 5.32. The van der Waals surface area contributed by atoms with Crippen LogP contribution in [0.25, 0.3) is 0 Å². The predicted octanol–water partition coefficient (Wildman–Crippen LogP) is 4.58. The molecule has 2 aliphatic carbocycles. The first-order chi connectivity index (χ1) is 10.0. The van der Waals surface area contributed by atoms with E-state index in [4.69, 9.17) is 4.74 Å². The number of hydrogen-bond acceptors (Lipinski definition) is 2. The van der Waals surface area contributed by atoms with Crippen molar-refractivity contribution < 1.29 is 9.53 Å². The van der Waals surface area contributed by atoms with Crippen molar-refractivity contribution in [3.8, 4) is 0 Å². The highest BCUT2D eigenvalue weighted by atomic mass is 16.5. The van der Waals surface area contributed by atoms with E-state index >= 15 is 0 Å². The normalized spacial score (nSPS) is 35.2. The Morgan fingerprint density at radius 3 is 2.38 bits per heavy atom. The molecule has 0 amide bonds. The van der Waals surface area contributed by atoms with Crippen molar-refractivity contribution in [2.24, 2.45) is 23.2 Å². The van der Waals surface area contributed by atoms with Gasteiger partial charge in [-0.15, -0.1) is 0 Å². The molecule has 2 unspecified atom stereocenters. The number of ether oxygens (including phenoxy) is 1. The summed E-state index contributed by atoms with van der Waals surface area (Å²) in [7, 11) is 0. The van der Waals surface area contributed by atoms with Crippen molar-refractivity contribution in [1.82, 2.24) is 0 Å². The first-order valence-electron chi connectivity index (χ1n) is 8.26. The lowest BCUT2D eigenvalue weighted by molar-refractivity contribution is -0.162. The number of carbonyl (C=O) groups excluding carboxylic acids is 1. The quantitative estimate of drug-likeness (QED) is 0.760. The number of rotatable bonds is 3. The van der Waals surface area contributed by atoms with Crippen LogP contribution in [-0.4, -0.2) is 5.97 Å². The molecule has 114 valence electrons. The van der Waals surface area contributed by atoms with Crippen molar-refractivity contribution >= 4 is 5.97 Å². The van der Waals surface area contributed by atoms with Crippen LogP contribution in [0.4, 0.5) is 0 Å². The van der Waals surface area contributed by atoms with Gasteiger partial charge in [-0.3, -0.25) is 4.79 Å². The second kappa shape index (κ2) is 5.82. The molecule has 0 radical (unpaired) electrons. The largest absolute Gasteiger partial charge is 0.460 e. The fraction of sp³-hybridized carbons (Fsp3) is 0.632. The molecule has 2 saturated carbocycles. The fourth-order valence-electron chi connectivity index (χ4n) is 4.65. The molecule has 2 nitrogen and oxygen atoms in total. The van der Waals surface area contributed by atoms with E-state index in [0.29, 0.717) is 6.61 Å². The van der Waals surface area contributed by atoms with E-state index in [9.17, 15) is 4.79 Å². The number of fused-ring (bicyclic) bond motifs is 2. The molecule has 21 heavy (non-hydrogen) atoms. The highest BCUT2D eigenvalue weighted by Gasteiger charge is 2.46. The van der Waals surface area contributed by atoms with Gasteiger partial charge in [-0.05, 0) is 62.3 Å². The SMILES string of the molecule is CC1CC2CC(C1)CC(C)(C(=O)OCc1ccccc1)C2. The molecule has 1 aromatic rings. The lowest BCUT2D eigenvalue weighted by atomic mass is 9.59. The van der Waals surface area contributed by atoms with Gasteiger partial charge < -0.3 is 4.74 Å². The van der Waals surface area contributed by atoms with Gasteiger partial charge >= 0.3 is 5.97 Å². The molecule has 2 bridgehead atoms. The van der Waals surface area contributed by atoms with E-state index in [1.54, 1.807) is 0 Å². The number of benzene rings is 1. The molecular weight excluding hydrogens is 260 g/mol. The minimum absolute atomic E-state index is 0.00982. The zero-order valence-electron chi connectivity index (χ0n) is 13.2. The monoisotopic (exact) mass is 286 g/mol. The molecule has 1 aromatic carbocycles. The second-order valence-corrected chi connectivity index (χ2v) is 7.57. The van der Waals surface area contributed by atoms with Crippen molar-refractivity contribution in [3.05, 3.63) is 35.9 Å². The Morgan fingerprint density at radius 2 is 1.76 bits per heavy atom. The molecule has 2 atom stereocenters. The molecule has 2 fully saturated rings. The van der Waals surface area contributed by atoms with Crippen LogP contribution in [0.1, 0.15) is 51.5 Å². The average molecular weight is 286 g/mol. The van der Waals surface area contributed by atoms with Crippen LogP contribution >= 0.6 is 0 Å². The second-order valence-electron chi connectivity index (χ2n) is 7.57. The zero-order chi connectivity index (χ0) is 14.9. The first kappa shape index (κ1) is 14.6. The lowest BCUT2D eigenvalue weighted by Gasteiger charge is -2.45. The minimum Gasteiger partial charge on any atom is -0.460 e. The van der Waals surface area contributed by atoms with Gasteiger partial charge in [0.1, 0.15) is 6.61 Å². The van der Waals surface area contributed by atoms with Gasteiger partial charge in [0.15, 0.2) is 0 Å². The average Bonchev–Trinajstić information content (AvgIpc) is 2.44. The summed E-state index contributed by atoms with van der Waals surface area (Å²) in [5, 5.41) is 0. The summed E-state index contributed by atoms with van der Waals surface area (Å²) in [6.07, 6.45) is 5.94. The molecule has 0 aliphatic heterocycles. The van der Waals surface area contributed by atoms with E-state index in [-0.39, 0.29) is 11.4 Å². The lowest BCUT2D eigenvalue weighted by Crippen LogP contribution is -2.41. The summed E-state index contributed by atoms with van der Waals surface area (Å²) in [5.41, 5.74) is 0.807. The summed E-state index contributed by atoms with van der Waals surface area (Å²) in [4.78, 5) is 12.6. The van der Waals surface area contributed by atoms with Gasteiger partial charge in [0.2, 0.25) is 0 Å². The van der Waals surface area contributed by atoms with Crippen molar-refractivity contribution in [3.63, 3.8) is 0 Å². The molecular formula is C19H26O2. The van der Waals surface area contributed by atoms with E-state index < -0.39 is 0 Å². The molecule has 0 spiro atoms. The molecule has 0 heterocycles. The zero-order valence-corrected chi connectivity index (χ0v) is 13.2. The van der Waals surface area contributed by atoms with Gasteiger partial charge in [-0.2, -0.15) is 0 Å². The van der Waals surface area contributed by atoms with Crippen LogP contribution in [-0.2, 0) is 16.1 Å². The Labute approximate surface area is 127 Å². The molecule has 3 rings (SSSR count). The molecule has 2 heteroatoms. The molecule has 0 saturated heterocycles. The third kappa shape index (κ3) is 3.30. The Bertz CT molecular complexity index is 476. The molecule has 0 N–H and O–H groups in total. The standard InChI is InChI=1S/C19H26O2/c1-14-8-16-10-17(9-14)12-19(2,11-16)18(20)21-13-15-6-4-3-5-7-15/h3-7,14,16-17H,8-13H2,1-2H3. The smallest absolute Gasteiger partial charge is 0.312 e. The van der Waals surface area contributed by atoms with Crippen LogP contribution in [0.15, 0.2) is 30.3 Å². The van der Waals surface area contributed by atoms with Gasteiger partial charge in [0.25, 0.3) is 0 Å². The maximum Gasteiger partial charge on any atom is 0.312 e. The third-order valence-corrected chi connectivity index (χ3v) is 5.32. The van der Waals surface area contributed by atoms with E-state index in [1.807, 2.05) is 30.3 Å². The van der Waals surface area contributed by atoms with E-state index in [2.05, 4.69) is 13.8 Å². The highest BCUT2D eigenvalue weighted by Crippen LogP contribution is 2.50. The molecule has 2 aliphatic rings. The minimum atomic E-state index is -0.261. The fourth-order valence-corrected chi connectivity index (χ4v) is 4.65. The number of esters is 1. The maximum atomic E-state index is 12.6. The highest BCUT2D eigenvalue weighted by molar-refractivity contribution is 5.76. The van der Waals surface area contributed by atoms with Crippen molar-refractivity contribution in [1.29, 1.82) is 0 Å². The summed E-state index contributed by atoms with van der Waals surface area (Å²) in [5.74, 6) is 2.29. The van der Waals surface area contributed by atoms with Crippen LogP contribution in [0.5, 0.6) is 0 Å². The number of hydrogen-bond donors (Lipinski definition) is 0. The van der Waals surface area contributed by atoms with Crippen LogP contribution in [0.3, 0.4) is 0 Å². The summed E-state index contributed by atoms with van der Waals surface area (Å²) in [6, 6.07) is 9.96. The molecule has 0 aromatic heterocycles. The van der Waals surface area contributed by atoms with Gasteiger partial charge in [0.05, 0.1) is 5.41 Å². The first-order valence-corrected chi connectivity index (χ1v) is 8.26. The predicted molar refractivity (Wildman–Crippen MR) is 83.6 cm³/mol. The maximum absolute atomic E-state index is 12.6. The summed E-state index contributed by atoms with van der Waals surface area (Å²) < 4.78 is 5.62. The Kier molecular flexibility index (Phi) is 4.05. The van der Waals surface area contributed by atoms with Crippen LogP contribution in [0, 0.1) is 23.2 Å².